The lowest BCUT2D eigenvalue weighted by molar-refractivity contribution is -0.144. The Bertz CT molecular complexity index is 3690. The van der Waals surface area contributed by atoms with E-state index >= 15 is 0 Å². The molecule has 0 spiro atoms. The minimum Gasteiger partial charge on any atom is -0.480 e. The van der Waals surface area contributed by atoms with Gasteiger partial charge in [0.05, 0.1) is 18.6 Å². The summed E-state index contributed by atoms with van der Waals surface area (Å²) in [4.78, 5) is 227. The lowest BCUT2D eigenvalue weighted by Crippen LogP contribution is -2.64. The van der Waals surface area contributed by atoms with Crippen LogP contribution in [0.1, 0.15) is 216 Å². The molecular weight excluding hydrogens is 1510 g/mol. The molecule has 660 valence electrons. The number of para-hydroxylation sites is 1. The summed E-state index contributed by atoms with van der Waals surface area (Å²) in [6.07, 6.45) is 0.747. The Morgan fingerprint density at radius 1 is 0.350 bits per heavy atom. The molecule has 0 bridgehead atoms. The molecular formula is C82H139N17O18. The van der Waals surface area contributed by atoms with Crippen LogP contribution in [-0.2, 0) is 83.1 Å². The Hall–Kier alpha value is -9.80. The molecule has 21 N–H and O–H groups in total. The van der Waals surface area contributed by atoms with E-state index in [1.54, 1.807) is 157 Å². The van der Waals surface area contributed by atoms with Gasteiger partial charge in [0.2, 0.25) is 88.6 Å². The minimum atomic E-state index is -1.78. The second kappa shape index (κ2) is 49.4. The number of H-pyrrole nitrogens is 1. The number of aromatic amines is 1. The van der Waals surface area contributed by atoms with E-state index in [1.165, 1.54) is 20.8 Å². The van der Waals surface area contributed by atoms with Gasteiger partial charge in [-0.2, -0.15) is 0 Å². The molecule has 1 heterocycles. The van der Waals surface area contributed by atoms with Crippen LogP contribution in [0.5, 0.6) is 0 Å². The first-order valence-electron chi connectivity index (χ1n) is 41.3. The van der Waals surface area contributed by atoms with E-state index in [0.717, 1.165) is 10.9 Å². The maximum absolute atomic E-state index is 14.8. The number of carboxylic acid groups (broad SMARTS) is 1. The van der Waals surface area contributed by atoms with Gasteiger partial charge in [0.15, 0.2) is 0 Å². The molecule has 35 nitrogen and oxygen atoms in total. The van der Waals surface area contributed by atoms with Gasteiger partial charge < -0.3 is 101 Å². The number of carbonyl (C=O) groups is 16. The number of carbonyl (C=O) groups excluding carboxylic acids is 15. The van der Waals surface area contributed by atoms with Crippen LogP contribution in [0.3, 0.4) is 0 Å². The van der Waals surface area contributed by atoms with E-state index in [9.17, 15) is 86.9 Å². The lowest BCUT2D eigenvalue weighted by Gasteiger charge is -2.32. The zero-order valence-electron chi connectivity index (χ0n) is 72.8. The molecule has 15 amide bonds. The fraction of sp³-hybridized carbons (Fsp3) is 0.707. The summed E-state index contributed by atoms with van der Waals surface area (Å²) in [7, 11) is 0. The SMILES string of the molecule is CC[C@H](C)[C@H](NC(=O)[C@@H](NC(=O)[C@H](C)NC(=O)[C@H](Cc1c[nH]c2ccccc12)NC(=O)[C@@H](NC(=O)[C@@H](NC(=O)[C@H](CC(C)C)NC(=O)[C@@H](NC(=O)[C@@H](NC(=O)[C@@H](NC(=O)[C@H](CC(C)C)NC(=O)[C@H](CC(N)=O)NC(=O)[C@@H](NC(=O)[C@@H](NC(=O)[C@H](C)N)C(C)C)[C@@H](C)CC)[C@@H](C)CC)[C@@H](C)CC)[C@@H](C)O)C(C)C)[C@@H](C)CC)C(C)C)C(=O)O. The summed E-state index contributed by atoms with van der Waals surface area (Å²) in [5.74, 6) is -19.2. The quantitative estimate of drug-likeness (QED) is 0.0446. The molecule has 0 aliphatic carbocycles. The Morgan fingerprint density at radius 3 is 1.01 bits per heavy atom. The van der Waals surface area contributed by atoms with E-state index in [0.29, 0.717) is 24.8 Å². The van der Waals surface area contributed by atoms with Crippen LogP contribution in [0.2, 0.25) is 0 Å². The summed E-state index contributed by atoms with van der Waals surface area (Å²) < 4.78 is 0. The molecule has 0 saturated carbocycles. The predicted octanol–water partition coefficient (Wildman–Crippen LogP) is 1.50. The maximum Gasteiger partial charge on any atom is 0.326 e. The third-order valence-corrected chi connectivity index (χ3v) is 21.4. The average molecular weight is 1650 g/mol. The molecule has 0 fully saturated rings. The highest BCUT2D eigenvalue weighted by Gasteiger charge is 2.42. The van der Waals surface area contributed by atoms with Crippen LogP contribution < -0.4 is 85.9 Å². The largest absolute Gasteiger partial charge is 0.480 e. The van der Waals surface area contributed by atoms with Gasteiger partial charge in [-0.1, -0.05) is 189 Å². The fourth-order valence-corrected chi connectivity index (χ4v) is 12.8. The molecule has 117 heavy (non-hydrogen) atoms. The number of fused-ring (bicyclic) bond motifs is 1. The van der Waals surface area contributed by atoms with Crippen molar-refractivity contribution in [2.24, 2.45) is 70.6 Å². The third kappa shape index (κ3) is 32.6. The number of aromatic nitrogens is 1. The molecule has 21 atom stereocenters. The van der Waals surface area contributed by atoms with Crippen molar-refractivity contribution in [2.45, 2.75) is 314 Å². The van der Waals surface area contributed by atoms with Gasteiger partial charge in [0.25, 0.3) is 0 Å². The second-order valence-electron chi connectivity index (χ2n) is 33.4. The van der Waals surface area contributed by atoms with Gasteiger partial charge in [-0.15, -0.1) is 0 Å². The average Bonchev–Trinajstić information content (AvgIpc) is 1.72. The van der Waals surface area contributed by atoms with E-state index in [1.807, 2.05) is 12.1 Å². The number of hydrogen-bond donors (Lipinski definition) is 19. The van der Waals surface area contributed by atoms with Crippen molar-refractivity contribution in [3.8, 4) is 0 Å². The van der Waals surface area contributed by atoms with Gasteiger partial charge in [-0.05, 0) is 104 Å². The molecule has 2 rings (SSSR count). The molecule has 0 aliphatic rings. The third-order valence-electron chi connectivity index (χ3n) is 21.4. The van der Waals surface area contributed by atoms with Crippen LogP contribution in [-0.4, -0.2) is 207 Å². The number of nitrogens with two attached hydrogens (primary N) is 2. The first-order valence-corrected chi connectivity index (χ1v) is 41.3. The highest BCUT2D eigenvalue weighted by atomic mass is 16.4. The molecule has 0 unspecified atom stereocenters. The number of nitrogens with one attached hydrogen (secondary N) is 15. The van der Waals surface area contributed by atoms with Crippen LogP contribution in [0.15, 0.2) is 30.5 Å². The zero-order valence-corrected chi connectivity index (χ0v) is 72.8. The van der Waals surface area contributed by atoms with Crippen LogP contribution >= 0.6 is 0 Å². The lowest BCUT2D eigenvalue weighted by atomic mass is 9.94. The number of aliphatic carboxylic acids is 1. The van der Waals surface area contributed by atoms with E-state index in [4.69, 9.17) is 11.5 Å². The van der Waals surface area contributed by atoms with Gasteiger partial charge in [-0.3, -0.25) is 71.9 Å². The van der Waals surface area contributed by atoms with Gasteiger partial charge in [0.1, 0.15) is 84.6 Å². The first kappa shape index (κ1) is 103. The molecule has 0 saturated heterocycles. The van der Waals surface area contributed by atoms with Gasteiger partial charge in [0, 0.05) is 23.5 Å². The summed E-state index contributed by atoms with van der Waals surface area (Å²) in [5, 5.41) is 59.0. The Balaban J connectivity index is 2.51. The number of carboxylic acids is 1. The zero-order chi connectivity index (χ0) is 89.5. The number of aliphatic hydroxyl groups is 1. The van der Waals surface area contributed by atoms with Crippen LogP contribution in [0.4, 0.5) is 0 Å². The summed E-state index contributed by atoms with van der Waals surface area (Å²) in [6, 6.07) is -13.2. The van der Waals surface area contributed by atoms with Gasteiger partial charge >= 0.3 is 5.97 Å². The monoisotopic (exact) mass is 1650 g/mol. The van der Waals surface area contributed by atoms with Gasteiger partial charge in [-0.25, -0.2) is 4.79 Å². The van der Waals surface area contributed by atoms with E-state index in [2.05, 4.69) is 79.4 Å². The number of primary amides is 1. The molecule has 1 aromatic carbocycles. The van der Waals surface area contributed by atoms with Crippen molar-refractivity contribution in [3.63, 3.8) is 0 Å². The van der Waals surface area contributed by atoms with Crippen molar-refractivity contribution in [3.05, 3.63) is 36.0 Å². The van der Waals surface area contributed by atoms with Crippen molar-refractivity contribution in [1.82, 2.24) is 79.4 Å². The number of aliphatic hydroxyl groups excluding tert-OH is 1. The number of amides is 15. The van der Waals surface area contributed by atoms with Crippen LogP contribution in [0.25, 0.3) is 10.9 Å². The Labute approximate surface area is 689 Å². The molecule has 0 radical (unpaired) electrons. The second-order valence-corrected chi connectivity index (χ2v) is 33.4. The Kier molecular flexibility index (Phi) is 43.6. The number of benzene rings is 1. The standard InChI is InChI=1S/C82H139N17O18/c1-24-43(16)62(77(111)89-56(35-51-37-85-53-32-30-29-31-52(51)53)70(104)86-49(22)69(103)92-60(41(12)13)76(110)98-66(82(116)117)47(20)28-5)96-75(109)61(42(14)15)93-72(106)55(34-39(8)9)88-81(115)67(50(23)100)99-80(114)65(46(19)27-4)97-79(113)64(45(18)26-3)94-73(107)54(33-38(6)7)87-71(105)57(36-58(84)101)90-78(112)63(44(17)25-2)95-74(108)59(40(10)11)91-68(102)48(21)83/h29-32,37-50,54-57,59-67,85,100H,24-28,33-36,83H2,1-23H3,(H2,84,101)(H,86,104)(H,87,105)(H,88,115)(H,89,111)(H,90,112)(H,91,102)(H,92,103)(H,93,106)(H,94,107)(H,95,108)(H,96,109)(H,97,113)(H,98,110)(H,99,114)(H,116,117)/t43-,44-,45-,46-,47-,48-,49-,50+,54-,55-,56-,57-,59-,60-,61-,62-,63-,64-,65-,66-,67-/m0/s1. The highest BCUT2D eigenvalue weighted by Crippen LogP contribution is 2.23. The van der Waals surface area contributed by atoms with Crippen molar-refractivity contribution < 1.29 is 86.9 Å². The summed E-state index contributed by atoms with van der Waals surface area (Å²) >= 11 is 0. The topological polar surface area (TPSA) is 550 Å². The van der Waals surface area contributed by atoms with Crippen LogP contribution in [0, 0.1) is 59.2 Å². The van der Waals surface area contributed by atoms with Crippen molar-refractivity contribution in [1.29, 1.82) is 0 Å². The van der Waals surface area contributed by atoms with Crippen molar-refractivity contribution in [2.75, 3.05) is 0 Å². The highest BCUT2D eigenvalue weighted by molar-refractivity contribution is 6.02. The number of rotatable bonds is 51. The smallest absolute Gasteiger partial charge is 0.326 e. The maximum atomic E-state index is 14.8. The fourth-order valence-electron chi connectivity index (χ4n) is 12.8. The summed E-state index contributed by atoms with van der Waals surface area (Å²) in [5.41, 5.74) is 12.7. The Morgan fingerprint density at radius 2 is 0.641 bits per heavy atom. The molecule has 0 aliphatic heterocycles. The molecule has 2 aromatic rings. The minimum absolute atomic E-state index is 0.0359. The van der Waals surface area contributed by atoms with E-state index < -0.39 is 245 Å². The number of hydrogen-bond acceptors (Lipinski definition) is 18. The normalized spacial score (nSPS) is 17.0. The predicted molar refractivity (Wildman–Crippen MR) is 442 cm³/mol. The van der Waals surface area contributed by atoms with Crippen molar-refractivity contribution >= 4 is 105 Å². The first-order chi connectivity index (χ1) is 54.5. The summed E-state index contributed by atoms with van der Waals surface area (Å²) in [6.45, 7) is 38.1. The van der Waals surface area contributed by atoms with E-state index in [-0.39, 0.29) is 43.9 Å². The molecule has 35 heteroatoms. The molecule has 1 aromatic heterocycles.